The Morgan fingerprint density at radius 1 is 1.08 bits per heavy atom. The molecule has 26 heavy (non-hydrogen) atoms. The molecule has 0 aliphatic carbocycles. The van der Waals surface area contributed by atoms with Crippen LogP contribution in [0.15, 0.2) is 54.6 Å². The van der Waals surface area contributed by atoms with Gasteiger partial charge in [0.2, 0.25) is 5.91 Å². The summed E-state index contributed by atoms with van der Waals surface area (Å²) in [7, 11) is 0. The van der Waals surface area contributed by atoms with Gasteiger partial charge in [0.05, 0.1) is 12.3 Å². The third-order valence-corrected chi connectivity index (χ3v) is 4.75. The molecule has 0 aromatic heterocycles. The second-order valence-corrected chi connectivity index (χ2v) is 6.48. The lowest BCUT2D eigenvalue weighted by molar-refractivity contribution is -0.126. The molecule has 1 fully saturated rings. The van der Waals surface area contributed by atoms with Crippen molar-refractivity contribution in [3.63, 3.8) is 0 Å². The van der Waals surface area contributed by atoms with Crippen molar-refractivity contribution in [2.75, 3.05) is 37.7 Å². The molecule has 1 heterocycles. The van der Waals surface area contributed by atoms with Crippen LogP contribution in [0, 0.1) is 0 Å². The van der Waals surface area contributed by atoms with Crippen molar-refractivity contribution in [3.8, 4) is 5.75 Å². The highest BCUT2D eigenvalue weighted by atomic mass is 35.5. The highest BCUT2D eigenvalue weighted by Crippen LogP contribution is 2.28. The van der Waals surface area contributed by atoms with E-state index in [0.29, 0.717) is 24.7 Å². The monoisotopic (exact) mass is 370 g/mol. The Hall–Kier alpha value is -2.46. The number of piperazine rings is 1. The Labute approximate surface area is 159 Å². The van der Waals surface area contributed by atoms with Gasteiger partial charge in [0.1, 0.15) is 5.75 Å². The zero-order chi connectivity index (χ0) is 18.4. The minimum atomic E-state index is 0.0164. The fourth-order valence-corrected chi connectivity index (χ4v) is 3.24. The smallest absolute Gasteiger partial charge is 0.246 e. The van der Waals surface area contributed by atoms with E-state index in [1.165, 1.54) is 0 Å². The first-order chi connectivity index (χ1) is 12.7. The predicted octanol–water partition coefficient (Wildman–Crippen LogP) is 4.10. The minimum absolute atomic E-state index is 0.0164. The van der Waals surface area contributed by atoms with Crippen molar-refractivity contribution in [1.82, 2.24) is 4.90 Å². The second kappa shape index (κ2) is 8.77. The fraction of sp³-hybridized carbons (Fsp3) is 0.286. The van der Waals surface area contributed by atoms with Crippen LogP contribution in [0.5, 0.6) is 5.75 Å². The summed E-state index contributed by atoms with van der Waals surface area (Å²) in [6, 6.07) is 15.6. The van der Waals surface area contributed by atoms with Gasteiger partial charge in [-0.3, -0.25) is 4.79 Å². The molecule has 1 amide bonds. The van der Waals surface area contributed by atoms with E-state index in [2.05, 4.69) is 11.0 Å². The van der Waals surface area contributed by atoms with Crippen molar-refractivity contribution in [1.29, 1.82) is 0 Å². The summed E-state index contributed by atoms with van der Waals surface area (Å²) in [5.74, 6) is 0.913. The number of hydrogen-bond acceptors (Lipinski definition) is 3. The minimum Gasteiger partial charge on any atom is -0.492 e. The van der Waals surface area contributed by atoms with Crippen LogP contribution < -0.4 is 9.64 Å². The maximum absolute atomic E-state index is 12.4. The lowest BCUT2D eigenvalue weighted by Crippen LogP contribution is -2.48. The van der Waals surface area contributed by atoms with Crippen molar-refractivity contribution >= 4 is 29.3 Å². The summed E-state index contributed by atoms with van der Waals surface area (Å²) >= 11 is 6.13. The summed E-state index contributed by atoms with van der Waals surface area (Å²) in [5, 5.41) is 0.647. The van der Waals surface area contributed by atoms with Gasteiger partial charge in [-0.25, -0.2) is 0 Å². The molecule has 0 saturated carbocycles. The van der Waals surface area contributed by atoms with Gasteiger partial charge in [0, 0.05) is 37.3 Å². The average molecular weight is 371 g/mol. The highest BCUT2D eigenvalue weighted by molar-refractivity contribution is 6.32. The fourth-order valence-electron chi connectivity index (χ4n) is 3.04. The number of halogens is 1. The van der Waals surface area contributed by atoms with Crippen LogP contribution in [0.3, 0.4) is 0 Å². The van der Waals surface area contributed by atoms with Gasteiger partial charge >= 0.3 is 0 Å². The molecule has 1 saturated heterocycles. The number of carbonyl (C=O) groups is 1. The number of para-hydroxylation sites is 2. The zero-order valence-corrected chi connectivity index (χ0v) is 15.7. The topological polar surface area (TPSA) is 32.8 Å². The first kappa shape index (κ1) is 18.3. The molecule has 136 valence electrons. The molecule has 0 unspecified atom stereocenters. The van der Waals surface area contributed by atoms with Gasteiger partial charge in [-0.2, -0.15) is 0 Å². The van der Waals surface area contributed by atoms with Crippen molar-refractivity contribution in [2.24, 2.45) is 0 Å². The van der Waals surface area contributed by atoms with Gasteiger partial charge in [-0.15, -0.1) is 0 Å². The maximum atomic E-state index is 12.4. The van der Waals surface area contributed by atoms with E-state index in [9.17, 15) is 4.79 Å². The summed E-state index contributed by atoms with van der Waals surface area (Å²) < 4.78 is 5.72. The lowest BCUT2D eigenvalue weighted by atomic mass is 10.2. The largest absolute Gasteiger partial charge is 0.492 e. The molecule has 0 radical (unpaired) electrons. The number of benzene rings is 2. The van der Waals surface area contributed by atoms with Crippen molar-refractivity contribution < 1.29 is 9.53 Å². The molecule has 0 spiro atoms. The van der Waals surface area contributed by atoms with E-state index >= 15 is 0 Å². The van der Waals surface area contributed by atoms with E-state index in [1.807, 2.05) is 54.3 Å². The Morgan fingerprint density at radius 2 is 1.77 bits per heavy atom. The summed E-state index contributed by atoms with van der Waals surface area (Å²) in [6.07, 6.45) is 3.38. The van der Waals surface area contributed by atoms with Crippen LogP contribution in [0.2, 0.25) is 5.02 Å². The summed E-state index contributed by atoms with van der Waals surface area (Å²) in [5.41, 5.74) is 1.94. The normalized spacial score (nSPS) is 14.7. The highest BCUT2D eigenvalue weighted by Gasteiger charge is 2.21. The molecule has 0 N–H and O–H groups in total. The first-order valence-electron chi connectivity index (χ1n) is 8.87. The average Bonchev–Trinajstić information content (AvgIpc) is 2.68. The number of nitrogens with zero attached hydrogens (tertiary/aromatic N) is 2. The van der Waals surface area contributed by atoms with Crippen LogP contribution in [0.4, 0.5) is 5.69 Å². The Morgan fingerprint density at radius 3 is 2.50 bits per heavy atom. The molecule has 2 aromatic rings. The van der Waals surface area contributed by atoms with E-state index in [0.717, 1.165) is 30.1 Å². The van der Waals surface area contributed by atoms with Crippen molar-refractivity contribution in [2.45, 2.75) is 6.92 Å². The molecular weight excluding hydrogens is 348 g/mol. The van der Waals surface area contributed by atoms with Gasteiger partial charge < -0.3 is 14.5 Å². The number of carbonyl (C=O) groups excluding carboxylic acids is 1. The van der Waals surface area contributed by atoms with Crippen LogP contribution in [0.25, 0.3) is 6.08 Å². The maximum Gasteiger partial charge on any atom is 0.246 e. The number of ether oxygens (including phenoxy) is 1. The Kier molecular flexibility index (Phi) is 6.18. The predicted molar refractivity (Wildman–Crippen MR) is 107 cm³/mol. The Bertz CT molecular complexity index is 783. The zero-order valence-electron chi connectivity index (χ0n) is 14.9. The molecule has 1 aliphatic heterocycles. The summed E-state index contributed by atoms with van der Waals surface area (Å²) in [4.78, 5) is 16.6. The van der Waals surface area contributed by atoms with E-state index in [1.54, 1.807) is 12.2 Å². The third-order valence-electron chi connectivity index (χ3n) is 4.41. The van der Waals surface area contributed by atoms with Gasteiger partial charge in [-0.1, -0.05) is 41.9 Å². The number of anilines is 1. The van der Waals surface area contributed by atoms with E-state index < -0.39 is 0 Å². The SMILES string of the molecule is CCOc1ccccc1N1CCN(C(=O)/C=C/c2ccccc2Cl)CC1. The quantitative estimate of drug-likeness (QED) is 0.743. The molecular formula is C21H23ClN2O2. The van der Waals surface area contributed by atoms with Crippen molar-refractivity contribution in [3.05, 3.63) is 65.2 Å². The van der Waals surface area contributed by atoms with E-state index in [-0.39, 0.29) is 5.91 Å². The van der Waals surface area contributed by atoms with Crippen LogP contribution in [0.1, 0.15) is 12.5 Å². The number of amides is 1. The Balaban J connectivity index is 1.60. The van der Waals surface area contributed by atoms with E-state index in [4.69, 9.17) is 16.3 Å². The lowest BCUT2D eigenvalue weighted by Gasteiger charge is -2.36. The molecule has 4 nitrogen and oxygen atoms in total. The molecule has 1 aliphatic rings. The first-order valence-corrected chi connectivity index (χ1v) is 9.25. The standard InChI is InChI=1S/C21H23ClN2O2/c1-2-26-20-10-6-5-9-19(20)23-13-15-24(16-14-23)21(25)12-11-17-7-3-4-8-18(17)22/h3-12H,2,13-16H2,1H3/b12-11+. The van der Waals surface area contributed by atoms with Crippen LogP contribution in [-0.2, 0) is 4.79 Å². The molecule has 0 bridgehead atoms. The van der Waals surface area contributed by atoms with Gasteiger partial charge in [0.15, 0.2) is 0 Å². The number of rotatable bonds is 5. The van der Waals surface area contributed by atoms with Crippen LogP contribution >= 0.6 is 11.6 Å². The number of hydrogen-bond donors (Lipinski definition) is 0. The molecule has 0 atom stereocenters. The third kappa shape index (κ3) is 4.38. The molecule has 3 rings (SSSR count). The van der Waals surface area contributed by atoms with Crippen LogP contribution in [-0.4, -0.2) is 43.6 Å². The second-order valence-electron chi connectivity index (χ2n) is 6.07. The van der Waals surface area contributed by atoms with Gasteiger partial charge in [-0.05, 0) is 36.8 Å². The molecule has 5 heteroatoms. The summed E-state index contributed by atoms with van der Waals surface area (Å²) in [6.45, 7) is 5.57. The molecule has 2 aromatic carbocycles. The van der Waals surface area contributed by atoms with Gasteiger partial charge in [0.25, 0.3) is 0 Å².